The topological polar surface area (TPSA) is 81.0 Å². The molecule has 1 N–H and O–H groups in total. The molecule has 8 heteroatoms. The second-order valence-corrected chi connectivity index (χ2v) is 8.28. The maximum atomic E-state index is 13.7. The molecule has 5 rings (SSSR count). The molecule has 1 fully saturated rings. The lowest BCUT2D eigenvalue weighted by Gasteiger charge is -2.32. The van der Waals surface area contributed by atoms with Crippen LogP contribution < -0.4 is 20.2 Å². The summed E-state index contributed by atoms with van der Waals surface area (Å²) >= 11 is 0. The van der Waals surface area contributed by atoms with Crippen molar-refractivity contribution in [1.29, 1.82) is 0 Å². The maximum absolute atomic E-state index is 13.7. The first-order valence-electron chi connectivity index (χ1n) is 10.6. The summed E-state index contributed by atoms with van der Waals surface area (Å²) in [6.07, 6.45) is 1.58. The SMILES string of the molecule is Cc1cc2oc(C(=O)NC3CCN(Cc4ccc5c(c4)OCO5)CC3)cc(=O)c2cc1F. The molecule has 0 aliphatic carbocycles. The Morgan fingerprint density at radius 1 is 1.12 bits per heavy atom. The van der Waals surface area contributed by atoms with Crippen molar-refractivity contribution in [3.05, 3.63) is 69.3 Å². The largest absolute Gasteiger partial charge is 0.454 e. The standard InChI is InChI=1S/C24H23FN2O5/c1-14-8-21-17(10-18(14)25)19(28)11-23(32-21)24(29)26-16-4-6-27(7-5-16)12-15-2-3-20-22(9-15)31-13-30-20/h2-3,8-11,16H,4-7,12-13H2,1H3,(H,26,29). The highest BCUT2D eigenvalue weighted by Gasteiger charge is 2.23. The summed E-state index contributed by atoms with van der Waals surface area (Å²) < 4.78 is 30.1. The van der Waals surface area contributed by atoms with Gasteiger partial charge in [0.05, 0.1) is 5.39 Å². The number of amides is 1. The van der Waals surface area contributed by atoms with Crippen molar-refractivity contribution in [3.63, 3.8) is 0 Å². The molecule has 0 bridgehead atoms. The fraction of sp³-hybridized carbons (Fsp3) is 0.333. The van der Waals surface area contributed by atoms with E-state index in [2.05, 4.69) is 10.2 Å². The number of halogens is 1. The lowest BCUT2D eigenvalue weighted by atomic mass is 10.0. The zero-order chi connectivity index (χ0) is 22.2. The first kappa shape index (κ1) is 20.5. The Morgan fingerprint density at radius 3 is 2.72 bits per heavy atom. The van der Waals surface area contributed by atoms with Crippen molar-refractivity contribution in [1.82, 2.24) is 10.2 Å². The van der Waals surface area contributed by atoms with Gasteiger partial charge in [0.1, 0.15) is 11.4 Å². The van der Waals surface area contributed by atoms with Crippen LogP contribution in [-0.4, -0.2) is 36.7 Å². The third-order valence-electron chi connectivity index (χ3n) is 6.00. The van der Waals surface area contributed by atoms with Crippen molar-refractivity contribution < 1.29 is 23.1 Å². The summed E-state index contributed by atoms with van der Waals surface area (Å²) in [7, 11) is 0. The van der Waals surface area contributed by atoms with Crippen molar-refractivity contribution in [2.45, 2.75) is 32.4 Å². The van der Waals surface area contributed by atoms with Crippen LogP contribution in [-0.2, 0) is 6.54 Å². The highest BCUT2D eigenvalue weighted by atomic mass is 19.1. The molecule has 3 aromatic rings. The lowest BCUT2D eigenvalue weighted by Crippen LogP contribution is -2.44. The summed E-state index contributed by atoms with van der Waals surface area (Å²) in [5.41, 5.74) is 1.28. The molecule has 0 saturated carbocycles. The van der Waals surface area contributed by atoms with Crippen LogP contribution in [0.25, 0.3) is 11.0 Å². The highest BCUT2D eigenvalue weighted by Crippen LogP contribution is 2.33. The molecule has 0 unspecified atom stereocenters. The summed E-state index contributed by atoms with van der Waals surface area (Å²) in [5.74, 6) is 0.585. The fourth-order valence-corrected chi connectivity index (χ4v) is 4.18. The lowest BCUT2D eigenvalue weighted by molar-refractivity contribution is 0.0881. The Morgan fingerprint density at radius 2 is 1.91 bits per heavy atom. The van der Waals surface area contributed by atoms with Gasteiger partial charge in [0.2, 0.25) is 6.79 Å². The number of hydrogen-bond acceptors (Lipinski definition) is 6. The molecule has 32 heavy (non-hydrogen) atoms. The van der Waals surface area contributed by atoms with Gasteiger partial charge in [0, 0.05) is 31.7 Å². The molecular formula is C24H23FN2O5. The van der Waals surface area contributed by atoms with Crippen LogP contribution in [0.15, 0.2) is 45.6 Å². The number of benzene rings is 2. The first-order chi connectivity index (χ1) is 15.5. The smallest absolute Gasteiger partial charge is 0.287 e. The molecule has 1 amide bonds. The molecule has 0 atom stereocenters. The number of rotatable bonds is 4. The van der Waals surface area contributed by atoms with Crippen LogP contribution in [0.4, 0.5) is 4.39 Å². The van der Waals surface area contributed by atoms with Crippen molar-refractivity contribution in [3.8, 4) is 11.5 Å². The van der Waals surface area contributed by atoms with Gasteiger partial charge >= 0.3 is 0 Å². The number of carbonyl (C=O) groups is 1. The monoisotopic (exact) mass is 438 g/mol. The van der Waals surface area contributed by atoms with Crippen molar-refractivity contribution >= 4 is 16.9 Å². The molecule has 2 aliphatic rings. The molecule has 2 aliphatic heterocycles. The minimum absolute atomic E-state index is 0.00791. The molecular weight excluding hydrogens is 415 g/mol. The third kappa shape index (κ3) is 4.05. The van der Waals surface area contributed by atoms with Gasteiger partial charge in [-0.3, -0.25) is 14.5 Å². The molecule has 7 nitrogen and oxygen atoms in total. The number of hydrogen-bond donors (Lipinski definition) is 1. The number of carbonyl (C=O) groups excluding carboxylic acids is 1. The summed E-state index contributed by atoms with van der Waals surface area (Å²) in [6.45, 7) is 4.31. The van der Waals surface area contributed by atoms with Gasteiger partial charge in [0.15, 0.2) is 22.7 Å². The highest BCUT2D eigenvalue weighted by molar-refractivity contribution is 5.93. The van der Waals surface area contributed by atoms with E-state index in [1.165, 1.54) is 6.07 Å². The van der Waals surface area contributed by atoms with E-state index in [9.17, 15) is 14.0 Å². The Hall–Kier alpha value is -3.39. The number of likely N-dealkylation sites (tertiary alicyclic amines) is 1. The molecule has 2 aromatic carbocycles. The van der Waals surface area contributed by atoms with Gasteiger partial charge in [-0.25, -0.2) is 4.39 Å². The number of fused-ring (bicyclic) bond motifs is 2. The second-order valence-electron chi connectivity index (χ2n) is 8.28. The molecule has 3 heterocycles. The van der Waals surface area contributed by atoms with Gasteiger partial charge in [-0.1, -0.05) is 6.07 Å². The van der Waals surface area contributed by atoms with Crippen LogP contribution in [0, 0.1) is 12.7 Å². The minimum Gasteiger partial charge on any atom is -0.454 e. The predicted molar refractivity (Wildman–Crippen MR) is 116 cm³/mol. The zero-order valence-electron chi connectivity index (χ0n) is 17.7. The Balaban J connectivity index is 1.20. The number of ether oxygens (including phenoxy) is 2. The Kier molecular flexibility index (Phi) is 5.30. The Bertz CT molecular complexity index is 1250. The molecule has 0 radical (unpaired) electrons. The zero-order valence-corrected chi connectivity index (χ0v) is 17.7. The van der Waals surface area contributed by atoms with Crippen LogP contribution in [0.3, 0.4) is 0 Å². The van der Waals surface area contributed by atoms with E-state index < -0.39 is 17.2 Å². The Labute approximate surface area is 183 Å². The maximum Gasteiger partial charge on any atom is 0.287 e. The van der Waals surface area contributed by atoms with Crippen LogP contribution in [0.1, 0.15) is 34.5 Å². The van der Waals surface area contributed by atoms with E-state index in [0.29, 0.717) is 5.56 Å². The first-order valence-corrected chi connectivity index (χ1v) is 10.6. The van der Waals surface area contributed by atoms with Gasteiger partial charge in [-0.2, -0.15) is 0 Å². The molecule has 166 valence electrons. The quantitative estimate of drug-likeness (QED) is 0.673. The van der Waals surface area contributed by atoms with Gasteiger partial charge in [0.25, 0.3) is 5.91 Å². The summed E-state index contributed by atoms with van der Waals surface area (Å²) in [5, 5.41) is 3.09. The fourth-order valence-electron chi connectivity index (χ4n) is 4.18. The predicted octanol–water partition coefficient (Wildman–Crippen LogP) is 3.36. The summed E-state index contributed by atoms with van der Waals surface area (Å²) in [6, 6.07) is 9.68. The van der Waals surface area contributed by atoms with E-state index in [1.807, 2.05) is 18.2 Å². The summed E-state index contributed by atoms with van der Waals surface area (Å²) in [4.78, 5) is 27.3. The number of nitrogens with one attached hydrogen (secondary N) is 1. The molecule has 1 saturated heterocycles. The van der Waals surface area contributed by atoms with E-state index in [1.54, 1.807) is 6.92 Å². The normalized spacial score (nSPS) is 16.4. The van der Waals surface area contributed by atoms with Gasteiger partial charge < -0.3 is 19.2 Å². The molecule has 1 aromatic heterocycles. The van der Waals surface area contributed by atoms with E-state index in [4.69, 9.17) is 13.9 Å². The van der Waals surface area contributed by atoms with Gasteiger partial charge in [-0.15, -0.1) is 0 Å². The van der Waals surface area contributed by atoms with Crippen LogP contribution in [0.5, 0.6) is 11.5 Å². The minimum atomic E-state index is -0.477. The van der Waals surface area contributed by atoms with Crippen molar-refractivity contribution in [2.24, 2.45) is 0 Å². The van der Waals surface area contributed by atoms with E-state index >= 15 is 0 Å². The average molecular weight is 438 g/mol. The average Bonchev–Trinajstić information content (AvgIpc) is 3.24. The number of aryl methyl sites for hydroxylation is 1. The number of piperidine rings is 1. The second kappa shape index (κ2) is 8.27. The van der Waals surface area contributed by atoms with E-state index in [-0.39, 0.29) is 29.6 Å². The molecule has 0 spiro atoms. The van der Waals surface area contributed by atoms with Crippen LogP contribution in [0.2, 0.25) is 0 Å². The number of nitrogens with zero attached hydrogens (tertiary/aromatic N) is 1. The van der Waals surface area contributed by atoms with Crippen LogP contribution >= 0.6 is 0 Å². The third-order valence-corrected chi connectivity index (χ3v) is 6.00. The van der Waals surface area contributed by atoms with E-state index in [0.717, 1.165) is 61.7 Å². The van der Waals surface area contributed by atoms with Crippen molar-refractivity contribution in [2.75, 3.05) is 19.9 Å². The van der Waals surface area contributed by atoms with Gasteiger partial charge in [-0.05, 0) is 55.2 Å².